The van der Waals surface area contributed by atoms with E-state index in [1.165, 1.54) is 11.4 Å². The average Bonchev–Trinajstić information content (AvgIpc) is 2.69. The molecule has 1 atom stereocenters. The second-order valence-corrected chi connectivity index (χ2v) is 8.66. The number of nitrogens with one attached hydrogen (secondary N) is 1. The number of aryl methyl sites for hydroxylation is 1. The van der Waals surface area contributed by atoms with Gasteiger partial charge in [0, 0.05) is 7.05 Å². The molecule has 0 radical (unpaired) electrons. The number of benzene rings is 2. The Morgan fingerprint density at radius 1 is 1.14 bits per heavy atom. The van der Waals surface area contributed by atoms with E-state index in [-0.39, 0.29) is 5.91 Å². The van der Waals surface area contributed by atoms with Crippen LogP contribution in [0.1, 0.15) is 18.9 Å². The first-order valence-corrected chi connectivity index (χ1v) is 11.2. The van der Waals surface area contributed by atoms with Gasteiger partial charge in [0.25, 0.3) is 5.91 Å². The van der Waals surface area contributed by atoms with Crippen molar-refractivity contribution in [3.05, 3.63) is 54.1 Å². The van der Waals surface area contributed by atoms with Crippen LogP contribution < -0.4 is 19.1 Å². The Hall–Kier alpha value is -2.74. The number of amides is 1. The Bertz CT molecular complexity index is 913. The number of rotatable bonds is 10. The van der Waals surface area contributed by atoms with Crippen LogP contribution in [0.2, 0.25) is 0 Å². The summed E-state index contributed by atoms with van der Waals surface area (Å²) in [6, 6.07) is 14.3. The molecule has 7 nitrogen and oxygen atoms in total. The number of carbonyl (C=O) groups excluding carboxylic acids is 1. The molecule has 0 fully saturated rings. The highest BCUT2D eigenvalue weighted by molar-refractivity contribution is 7.92. The molecule has 2 rings (SSSR count). The third-order valence-corrected chi connectivity index (χ3v) is 5.60. The van der Waals surface area contributed by atoms with E-state index in [0.717, 1.165) is 17.6 Å². The SMILES string of the molecule is CCC(Oc1ccc(N(C)S(C)(=O)=O)cc1)C(=O)NCCOc1ccccc1C. The van der Waals surface area contributed by atoms with Crippen molar-refractivity contribution < 1.29 is 22.7 Å². The molecule has 0 spiro atoms. The van der Waals surface area contributed by atoms with Crippen molar-refractivity contribution in [1.82, 2.24) is 5.32 Å². The van der Waals surface area contributed by atoms with Crippen molar-refractivity contribution in [2.24, 2.45) is 0 Å². The van der Waals surface area contributed by atoms with Gasteiger partial charge in [-0.15, -0.1) is 0 Å². The largest absolute Gasteiger partial charge is 0.491 e. The van der Waals surface area contributed by atoms with Crippen LogP contribution in [0.5, 0.6) is 11.5 Å². The standard InChI is InChI=1S/C21H28N2O5S/c1-5-19(21(24)22-14-15-27-20-9-7-6-8-16(20)2)28-18-12-10-17(11-13-18)23(3)29(4,25)26/h6-13,19H,5,14-15H2,1-4H3,(H,22,24). The van der Waals surface area contributed by atoms with E-state index >= 15 is 0 Å². The van der Waals surface area contributed by atoms with Gasteiger partial charge in [0.05, 0.1) is 18.5 Å². The second-order valence-electron chi connectivity index (χ2n) is 6.64. The lowest BCUT2D eigenvalue weighted by atomic mass is 10.2. The summed E-state index contributed by atoms with van der Waals surface area (Å²) >= 11 is 0. The van der Waals surface area contributed by atoms with Crippen LogP contribution in [-0.4, -0.2) is 46.9 Å². The molecule has 0 aliphatic carbocycles. The van der Waals surface area contributed by atoms with Gasteiger partial charge < -0.3 is 14.8 Å². The number of ether oxygens (including phenoxy) is 2. The zero-order valence-corrected chi connectivity index (χ0v) is 18.0. The van der Waals surface area contributed by atoms with Gasteiger partial charge >= 0.3 is 0 Å². The number of para-hydroxylation sites is 1. The summed E-state index contributed by atoms with van der Waals surface area (Å²) in [6.45, 7) is 4.55. The molecule has 1 amide bonds. The normalized spacial score (nSPS) is 12.1. The molecular weight excluding hydrogens is 392 g/mol. The zero-order valence-electron chi connectivity index (χ0n) is 17.2. The smallest absolute Gasteiger partial charge is 0.261 e. The molecule has 0 aliphatic rings. The molecule has 0 bridgehead atoms. The maximum atomic E-state index is 12.4. The van der Waals surface area contributed by atoms with Gasteiger partial charge in [0.15, 0.2) is 6.10 Å². The molecular formula is C21H28N2O5S. The summed E-state index contributed by atoms with van der Waals surface area (Å²) in [6.07, 6.45) is 0.986. The second kappa shape index (κ2) is 10.2. The lowest BCUT2D eigenvalue weighted by molar-refractivity contribution is -0.128. The fourth-order valence-corrected chi connectivity index (χ4v) is 3.08. The summed E-state index contributed by atoms with van der Waals surface area (Å²) in [4.78, 5) is 12.4. The lowest BCUT2D eigenvalue weighted by Crippen LogP contribution is -2.39. The molecule has 0 saturated carbocycles. The highest BCUT2D eigenvalue weighted by Crippen LogP contribution is 2.21. The van der Waals surface area contributed by atoms with E-state index in [0.29, 0.717) is 31.0 Å². The van der Waals surface area contributed by atoms with Crippen molar-refractivity contribution >= 4 is 21.6 Å². The minimum Gasteiger partial charge on any atom is -0.491 e. The molecule has 8 heteroatoms. The molecule has 0 heterocycles. The number of carbonyl (C=O) groups is 1. The van der Waals surface area contributed by atoms with Crippen LogP contribution in [0.15, 0.2) is 48.5 Å². The van der Waals surface area contributed by atoms with E-state index in [2.05, 4.69) is 5.32 Å². The third-order valence-electron chi connectivity index (χ3n) is 4.39. The van der Waals surface area contributed by atoms with Crippen molar-refractivity contribution in [1.29, 1.82) is 0 Å². The Labute approximate surface area is 172 Å². The average molecular weight is 421 g/mol. The van der Waals surface area contributed by atoms with E-state index in [1.54, 1.807) is 24.3 Å². The number of hydrogen-bond donors (Lipinski definition) is 1. The van der Waals surface area contributed by atoms with Gasteiger partial charge in [0.1, 0.15) is 18.1 Å². The molecule has 1 unspecified atom stereocenters. The van der Waals surface area contributed by atoms with E-state index in [4.69, 9.17) is 9.47 Å². The summed E-state index contributed by atoms with van der Waals surface area (Å²) in [5, 5.41) is 2.82. The van der Waals surface area contributed by atoms with Crippen LogP contribution >= 0.6 is 0 Å². The third kappa shape index (κ3) is 6.67. The predicted molar refractivity (Wildman–Crippen MR) is 114 cm³/mol. The molecule has 2 aromatic rings. The van der Waals surface area contributed by atoms with Crippen molar-refractivity contribution in [2.75, 3.05) is 30.8 Å². The molecule has 158 valence electrons. The predicted octanol–water partition coefficient (Wildman–Crippen LogP) is 2.74. The van der Waals surface area contributed by atoms with Gasteiger partial charge in [-0.05, 0) is 49.2 Å². The van der Waals surface area contributed by atoms with Gasteiger partial charge in [-0.25, -0.2) is 8.42 Å². The first-order valence-electron chi connectivity index (χ1n) is 9.39. The van der Waals surface area contributed by atoms with Crippen LogP contribution in [-0.2, 0) is 14.8 Å². The number of anilines is 1. The monoisotopic (exact) mass is 420 g/mol. The van der Waals surface area contributed by atoms with Gasteiger partial charge in [-0.2, -0.15) is 0 Å². The fourth-order valence-electron chi connectivity index (χ4n) is 2.58. The number of hydrogen-bond acceptors (Lipinski definition) is 5. The van der Waals surface area contributed by atoms with Crippen LogP contribution in [0.25, 0.3) is 0 Å². The summed E-state index contributed by atoms with van der Waals surface area (Å²) in [5.74, 6) is 1.07. The highest BCUT2D eigenvalue weighted by Gasteiger charge is 2.18. The topological polar surface area (TPSA) is 84.9 Å². The maximum absolute atomic E-state index is 12.4. The summed E-state index contributed by atoms with van der Waals surface area (Å²) in [5.41, 5.74) is 1.56. The van der Waals surface area contributed by atoms with Crippen molar-refractivity contribution in [2.45, 2.75) is 26.4 Å². The maximum Gasteiger partial charge on any atom is 0.261 e. The van der Waals surface area contributed by atoms with E-state index in [9.17, 15) is 13.2 Å². The van der Waals surface area contributed by atoms with Crippen LogP contribution in [0.4, 0.5) is 5.69 Å². The van der Waals surface area contributed by atoms with E-state index in [1.807, 2.05) is 38.1 Å². The molecule has 0 saturated heterocycles. The first-order chi connectivity index (χ1) is 13.7. The molecule has 0 aliphatic heterocycles. The summed E-state index contributed by atoms with van der Waals surface area (Å²) < 4.78 is 35.8. The molecule has 2 aromatic carbocycles. The summed E-state index contributed by atoms with van der Waals surface area (Å²) in [7, 11) is -1.85. The van der Waals surface area contributed by atoms with Gasteiger partial charge in [-0.1, -0.05) is 25.1 Å². The molecule has 1 N–H and O–H groups in total. The van der Waals surface area contributed by atoms with Gasteiger partial charge in [0.2, 0.25) is 10.0 Å². The van der Waals surface area contributed by atoms with Gasteiger partial charge in [-0.3, -0.25) is 9.10 Å². The van der Waals surface area contributed by atoms with Crippen LogP contribution in [0, 0.1) is 6.92 Å². The first kappa shape index (κ1) is 22.5. The number of sulfonamides is 1. The fraction of sp³-hybridized carbons (Fsp3) is 0.381. The molecule has 0 aromatic heterocycles. The highest BCUT2D eigenvalue weighted by atomic mass is 32.2. The van der Waals surface area contributed by atoms with Crippen molar-refractivity contribution in [3.8, 4) is 11.5 Å². The minimum absolute atomic E-state index is 0.224. The quantitative estimate of drug-likeness (QED) is 0.598. The Kier molecular flexibility index (Phi) is 7.90. The Balaban J connectivity index is 1.85. The Morgan fingerprint density at radius 3 is 2.38 bits per heavy atom. The number of nitrogens with zero attached hydrogens (tertiary/aromatic N) is 1. The zero-order chi connectivity index (χ0) is 21.4. The van der Waals surface area contributed by atoms with E-state index < -0.39 is 16.1 Å². The van der Waals surface area contributed by atoms with Crippen molar-refractivity contribution in [3.63, 3.8) is 0 Å². The molecule has 29 heavy (non-hydrogen) atoms. The Morgan fingerprint density at radius 2 is 1.79 bits per heavy atom. The van der Waals surface area contributed by atoms with Crippen LogP contribution in [0.3, 0.4) is 0 Å². The lowest BCUT2D eigenvalue weighted by Gasteiger charge is -2.19. The minimum atomic E-state index is -3.33.